The van der Waals surface area contributed by atoms with Gasteiger partial charge < -0.3 is 0 Å². The Morgan fingerprint density at radius 1 is 0.600 bits per heavy atom. The van der Waals surface area contributed by atoms with Crippen molar-refractivity contribution in [1.29, 1.82) is 0 Å². The van der Waals surface area contributed by atoms with Crippen LogP contribution < -0.4 is 5.19 Å². The molecule has 0 spiro atoms. The van der Waals surface area contributed by atoms with Crippen LogP contribution >= 0.6 is 0 Å². The fourth-order valence-electron chi connectivity index (χ4n) is 5.89. The van der Waals surface area contributed by atoms with E-state index in [1.54, 1.807) is 26.7 Å². The molecule has 30 heavy (non-hydrogen) atoms. The second-order valence-electron chi connectivity index (χ2n) is 8.82. The molecular weight excluding hydrogens is 376 g/mol. The van der Waals surface area contributed by atoms with Crippen molar-refractivity contribution in [2.75, 3.05) is 0 Å². The van der Waals surface area contributed by atoms with E-state index in [1.165, 1.54) is 22.3 Å². The van der Waals surface area contributed by atoms with E-state index in [0.717, 1.165) is 25.7 Å². The van der Waals surface area contributed by atoms with Gasteiger partial charge in [0.15, 0.2) is 0 Å². The molecule has 0 aliphatic heterocycles. The molecule has 0 atom stereocenters. The second kappa shape index (κ2) is 7.56. The molecule has 3 aromatic carbocycles. The Balaban J connectivity index is 1.86. The van der Waals surface area contributed by atoms with Gasteiger partial charge in [0.1, 0.15) is 8.07 Å². The summed E-state index contributed by atoms with van der Waals surface area (Å²) < 4.78 is 0. The van der Waals surface area contributed by atoms with Gasteiger partial charge in [-0.3, -0.25) is 0 Å². The molecule has 1 heteroatoms. The van der Waals surface area contributed by atoms with E-state index in [1.807, 2.05) is 0 Å². The number of hydrogen-bond acceptors (Lipinski definition) is 0. The number of rotatable bonds is 5. The summed E-state index contributed by atoms with van der Waals surface area (Å²) >= 11 is 0. The van der Waals surface area contributed by atoms with E-state index in [2.05, 4.69) is 99.3 Å². The molecule has 2 aliphatic rings. The minimum atomic E-state index is -2.17. The molecule has 3 aromatic rings. The van der Waals surface area contributed by atoms with Crippen molar-refractivity contribution in [3.8, 4) is 0 Å². The van der Waals surface area contributed by atoms with Gasteiger partial charge in [-0.25, -0.2) is 0 Å². The molecule has 0 aromatic heterocycles. The van der Waals surface area contributed by atoms with Gasteiger partial charge in [-0.2, -0.15) is 0 Å². The fourth-order valence-corrected chi connectivity index (χ4v) is 11.1. The molecule has 2 aliphatic carbocycles. The standard InChI is InChI=1S/C29H30Si/c1-4-21-19-23-13-9-11-17-26(23)28(21)30(3,25-15-7-6-8-16-25)29-22(5-2)20-24-14-10-12-18-27(24)29/h6-18H,4-5,19-20H2,1-3H3. The summed E-state index contributed by atoms with van der Waals surface area (Å²) in [6, 6.07) is 29.8. The van der Waals surface area contributed by atoms with Gasteiger partial charge in [0.05, 0.1) is 0 Å². The lowest BCUT2D eigenvalue weighted by Gasteiger charge is -2.35. The molecule has 150 valence electrons. The summed E-state index contributed by atoms with van der Waals surface area (Å²) in [5, 5.41) is 4.91. The van der Waals surface area contributed by atoms with Crippen LogP contribution in [-0.2, 0) is 12.8 Å². The first-order chi connectivity index (χ1) is 14.7. The highest BCUT2D eigenvalue weighted by atomic mass is 28.3. The maximum atomic E-state index is 2.63. The number of fused-ring (bicyclic) bond motifs is 2. The Labute approximate surface area is 182 Å². The Bertz CT molecular complexity index is 1090. The predicted molar refractivity (Wildman–Crippen MR) is 132 cm³/mol. The van der Waals surface area contributed by atoms with Crippen molar-refractivity contribution in [3.05, 3.63) is 112 Å². The second-order valence-corrected chi connectivity index (χ2v) is 12.7. The highest BCUT2D eigenvalue weighted by molar-refractivity contribution is 7.18. The average Bonchev–Trinajstić information content (AvgIpc) is 3.38. The van der Waals surface area contributed by atoms with Gasteiger partial charge in [-0.05, 0) is 63.5 Å². The quantitative estimate of drug-likeness (QED) is 0.405. The fraction of sp³-hybridized carbons (Fsp3) is 0.241. The van der Waals surface area contributed by atoms with E-state index >= 15 is 0 Å². The molecule has 0 heterocycles. The SMILES string of the molecule is CCC1=C([Si](C)(C2=C(CC)Cc3ccccc32)c2ccccc2)c2ccccc2C1. The first-order valence-corrected chi connectivity index (χ1v) is 13.9. The monoisotopic (exact) mass is 406 g/mol. The molecule has 0 N–H and O–H groups in total. The molecule has 0 saturated carbocycles. The van der Waals surface area contributed by atoms with E-state index < -0.39 is 8.07 Å². The topological polar surface area (TPSA) is 0 Å². The summed E-state index contributed by atoms with van der Waals surface area (Å²) in [6.45, 7) is 7.32. The van der Waals surface area contributed by atoms with Gasteiger partial charge in [-0.15, -0.1) is 0 Å². The third-order valence-corrected chi connectivity index (χ3v) is 12.0. The van der Waals surface area contributed by atoms with Crippen LogP contribution in [0.15, 0.2) is 90.0 Å². The lowest BCUT2D eigenvalue weighted by atomic mass is 10.1. The number of hydrogen-bond donors (Lipinski definition) is 0. The summed E-state index contributed by atoms with van der Waals surface area (Å²) in [7, 11) is -2.17. The first-order valence-electron chi connectivity index (χ1n) is 11.4. The van der Waals surface area contributed by atoms with Crippen molar-refractivity contribution >= 4 is 23.7 Å². The van der Waals surface area contributed by atoms with Gasteiger partial charge in [0.25, 0.3) is 0 Å². The molecule has 0 unspecified atom stereocenters. The molecule has 0 radical (unpaired) electrons. The molecule has 0 saturated heterocycles. The van der Waals surface area contributed by atoms with Crippen molar-refractivity contribution in [3.63, 3.8) is 0 Å². The highest BCUT2D eigenvalue weighted by Gasteiger charge is 2.45. The van der Waals surface area contributed by atoms with Gasteiger partial charge in [0, 0.05) is 0 Å². The third kappa shape index (κ3) is 2.80. The normalized spacial score (nSPS) is 15.6. The van der Waals surface area contributed by atoms with Crippen LogP contribution in [0.25, 0.3) is 10.4 Å². The van der Waals surface area contributed by atoms with Crippen molar-refractivity contribution in [1.82, 2.24) is 0 Å². The van der Waals surface area contributed by atoms with E-state index in [9.17, 15) is 0 Å². The third-order valence-electron chi connectivity index (χ3n) is 7.29. The highest BCUT2D eigenvalue weighted by Crippen LogP contribution is 2.49. The van der Waals surface area contributed by atoms with Crippen LogP contribution in [0.5, 0.6) is 0 Å². The Morgan fingerprint density at radius 3 is 1.50 bits per heavy atom. The minimum Gasteiger partial charge on any atom is -0.0654 e. The van der Waals surface area contributed by atoms with Crippen molar-refractivity contribution in [2.45, 2.75) is 46.1 Å². The van der Waals surface area contributed by atoms with Crippen molar-refractivity contribution in [2.24, 2.45) is 0 Å². The van der Waals surface area contributed by atoms with Gasteiger partial charge in [0.2, 0.25) is 0 Å². The zero-order valence-electron chi connectivity index (χ0n) is 18.3. The summed E-state index contributed by atoms with van der Waals surface area (Å²) in [5.74, 6) is 0. The van der Waals surface area contributed by atoms with Crippen LogP contribution in [0.3, 0.4) is 0 Å². The molecule has 0 amide bonds. The number of allylic oxidation sites excluding steroid dienone is 2. The van der Waals surface area contributed by atoms with Crippen molar-refractivity contribution < 1.29 is 0 Å². The molecule has 0 fully saturated rings. The van der Waals surface area contributed by atoms with Crippen LogP contribution in [0.4, 0.5) is 0 Å². The summed E-state index contributed by atoms with van der Waals surface area (Å²) in [5.41, 5.74) is 9.37. The van der Waals surface area contributed by atoms with E-state index in [4.69, 9.17) is 0 Å². The van der Waals surface area contributed by atoms with Crippen LogP contribution in [-0.4, -0.2) is 8.07 Å². The van der Waals surface area contributed by atoms with Gasteiger partial charge >= 0.3 is 0 Å². The lowest BCUT2D eigenvalue weighted by molar-refractivity contribution is 1.03. The maximum absolute atomic E-state index is 2.63. The van der Waals surface area contributed by atoms with Crippen LogP contribution in [0, 0.1) is 0 Å². The minimum absolute atomic E-state index is 1.12. The molecule has 0 bridgehead atoms. The Morgan fingerprint density at radius 2 is 1.03 bits per heavy atom. The summed E-state index contributed by atoms with van der Waals surface area (Å²) in [6.07, 6.45) is 4.51. The van der Waals surface area contributed by atoms with E-state index in [-0.39, 0.29) is 0 Å². The maximum Gasteiger partial charge on any atom is 0.146 e. The largest absolute Gasteiger partial charge is 0.146 e. The van der Waals surface area contributed by atoms with Crippen LogP contribution in [0.1, 0.15) is 48.9 Å². The zero-order valence-corrected chi connectivity index (χ0v) is 19.3. The lowest BCUT2D eigenvalue weighted by Crippen LogP contribution is -2.48. The Hall–Kier alpha value is -2.64. The predicted octanol–water partition coefficient (Wildman–Crippen LogP) is 6.89. The smallest absolute Gasteiger partial charge is 0.0654 e. The van der Waals surface area contributed by atoms with E-state index in [0.29, 0.717) is 0 Å². The molecule has 0 nitrogen and oxygen atoms in total. The first kappa shape index (κ1) is 19.3. The Kier molecular flexibility index (Phi) is 4.87. The van der Waals surface area contributed by atoms with Gasteiger partial charge in [-0.1, -0.05) is 110 Å². The summed E-state index contributed by atoms with van der Waals surface area (Å²) in [4.78, 5) is 0. The zero-order chi connectivity index (χ0) is 20.7. The van der Waals surface area contributed by atoms with Crippen LogP contribution in [0.2, 0.25) is 6.55 Å². The molecule has 5 rings (SSSR count). The number of benzene rings is 3. The average molecular weight is 407 g/mol. The molecular formula is C29H30Si.